The van der Waals surface area contributed by atoms with Crippen LogP contribution in [0.3, 0.4) is 0 Å². The predicted molar refractivity (Wildman–Crippen MR) is 73.1 cm³/mol. The van der Waals surface area contributed by atoms with Crippen molar-refractivity contribution < 1.29 is 4.74 Å². The van der Waals surface area contributed by atoms with Crippen molar-refractivity contribution in [3.8, 4) is 5.75 Å². The zero-order chi connectivity index (χ0) is 12.4. The highest BCUT2D eigenvalue weighted by Gasteiger charge is 2.18. The summed E-state index contributed by atoms with van der Waals surface area (Å²) in [6.07, 6.45) is 4.31. The van der Waals surface area contributed by atoms with Crippen LogP contribution in [0.1, 0.15) is 24.3 Å². The number of nitrogens with zero attached hydrogens (tertiary/aromatic N) is 1. The van der Waals surface area contributed by atoms with Crippen molar-refractivity contribution in [1.82, 2.24) is 10.3 Å². The van der Waals surface area contributed by atoms with Crippen molar-refractivity contribution in [3.63, 3.8) is 0 Å². The van der Waals surface area contributed by atoms with Crippen molar-refractivity contribution in [3.05, 3.63) is 36.0 Å². The minimum absolute atomic E-state index is 0.642. The molecule has 0 bridgehead atoms. The Balaban J connectivity index is 2.11. The number of nitrogens with one attached hydrogen (secondary N) is 1. The van der Waals surface area contributed by atoms with E-state index in [9.17, 15) is 0 Å². The lowest BCUT2D eigenvalue weighted by atomic mass is 9.88. The number of piperidine rings is 1. The molecule has 1 saturated heterocycles. The van der Waals surface area contributed by atoms with E-state index in [1.807, 2.05) is 18.3 Å². The topological polar surface area (TPSA) is 34.1 Å². The fraction of sp³-hybridized carbons (Fsp3) is 0.400. The molecule has 3 nitrogen and oxygen atoms in total. The molecule has 0 atom stereocenters. The van der Waals surface area contributed by atoms with Gasteiger partial charge in [-0.25, -0.2) is 0 Å². The number of fused-ring (bicyclic) bond motifs is 1. The third-order valence-electron chi connectivity index (χ3n) is 3.77. The normalized spacial score (nSPS) is 16.9. The molecule has 0 spiro atoms. The van der Waals surface area contributed by atoms with Crippen molar-refractivity contribution in [2.45, 2.75) is 18.8 Å². The summed E-state index contributed by atoms with van der Waals surface area (Å²) < 4.78 is 5.39. The molecular formula is C15H18N2O. The van der Waals surface area contributed by atoms with Crippen LogP contribution in [0.4, 0.5) is 0 Å². The number of ether oxygens (including phenoxy) is 1. The SMILES string of the molecule is COc1cccc2c(C3CCNCC3)ccnc12. The number of aromatic nitrogens is 1. The van der Waals surface area contributed by atoms with E-state index in [1.165, 1.54) is 23.8 Å². The van der Waals surface area contributed by atoms with Crippen LogP contribution in [-0.4, -0.2) is 25.2 Å². The summed E-state index contributed by atoms with van der Waals surface area (Å²) in [5.41, 5.74) is 2.40. The molecule has 0 amide bonds. The van der Waals surface area contributed by atoms with Crippen molar-refractivity contribution >= 4 is 10.9 Å². The average Bonchev–Trinajstić information content (AvgIpc) is 2.47. The fourth-order valence-corrected chi connectivity index (χ4v) is 2.82. The van der Waals surface area contributed by atoms with Gasteiger partial charge >= 0.3 is 0 Å². The van der Waals surface area contributed by atoms with Gasteiger partial charge in [0.1, 0.15) is 11.3 Å². The Kier molecular flexibility index (Phi) is 3.15. The first-order chi connectivity index (χ1) is 8.90. The van der Waals surface area contributed by atoms with Crippen molar-refractivity contribution in [2.24, 2.45) is 0 Å². The first-order valence-electron chi connectivity index (χ1n) is 6.52. The van der Waals surface area contributed by atoms with E-state index in [2.05, 4.69) is 22.4 Å². The van der Waals surface area contributed by atoms with Crippen LogP contribution in [0, 0.1) is 0 Å². The summed E-state index contributed by atoms with van der Waals surface area (Å²) in [5, 5.41) is 4.65. The molecule has 1 aromatic heterocycles. The predicted octanol–water partition coefficient (Wildman–Crippen LogP) is 2.71. The molecule has 1 aliphatic rings. The van der Waals surface area contributed by atoms with Crippen LogP contribution in [-0.2, 0) is 0 Å². The Morgan fingerprint density at radius 2 is 2.06 bits per heavy atom. The number of benzene rings is 1. The number of pyridine rings is 1. The number of hydrogen-bond donors (Lipinski definition) is 1. The van der Waals surface area contributed by atoms with Crippen LogP contribution >= 0.6 is 0 Å². The molecule has 0 saturated carbocycles. The van der Waals surface area contributed by atoms with Crippen LogP contribution in [0.2, 0.25) is 0 Å². The summed E-state index contributed by atoms with van der Waals surface area (Å²) >= 11 is 0. The van der Waals surface area contributed by atoms with E-state index in [0.717, 1.165) is 24.4 Å². The van der Waals surface area contributed by atoms with E-state index in [0.29, 0.717) is 5.92 Å². The zero-order valence-corrected chi connectivity index (χ0v) is 10.6. The number of rotatable bonds is 2. The molecule has 18 heavy (non-hydrogen) atoms. The number of hydrogen-bond acceptors (Lipinski definition) is 3. The lowest BCUT2D eigenvalue weighted by molar-refractivity contribution is 0.418. The average molecular weight is 242 g/mol. The van der Waals surface area contributed by atoms with Gasteiger partial charge in [0.15, 0.2) is 0 Å². The third kappa shape index (κ3) is 1.95. The van der Waals surface area contributed by atoms with Gasteiger partial charge in [0.05, 0.1) is 7.11 Å². The molecule has 3 rings (SSSR count). The zero-order valence-electron chi connectivity index (χ0n) is 10.6. The lowest BCUT2D eigenvalue weighted by Gasteiger charge is -2.24. The Hall–Kier alpha value is -1.61. The maximum absolute atomic E-state index is 5.39. The highest BCUT2D eigenvalue weighted by atomic mass is 16.5. The van der Waals surface area contributed by atoms with E-state index < -0.39 is 0 Å². The second-order valence-corrected chi connectivity index (χ2v) is 4.78. The molecule has 1 aromatic carbocycles. The van der Waals surface area contributed by atoms with Gasteiger partial charge in [0.2, 0.25) is 0 Å². The highest BCUT2D eigenvalue weighted by molar-refractivity contribution is 5.87. The third-order valence-corrected chi connectivity index (χ3v) is 3.77. The maximum atomic E-state index is 5.39. The van der Waals surface area contributed by atoms with E-state index >= 15 is 0 Å². The summed E-state index contributed by atoms with van der Waals surface area (Å²) in [4.78, 5) is 4.47. The summed E-state index contributed by atoms with van der Waals surface area (Å²) in [7, 11) is 1.70. The first kappa shape index (κ1) is 11.5. The number of para-hydroxylation sites is 1. The molecule has 0 unspecified atom stereocenters. The van der Waals surface area contributed by atoms with Gasteiger partial charge in [-0.2, -0.15) is 0 Å². The van der Waals surface area contributed by atoms with Gasteiger partial charge in [-0.1, -0.05) is 12.1 Å². The monoisotopic (exact) mass is 242 g/mol. The Labute approximate surface area is 107 Å². The highest BCUT2D eigenvalue weighted by Crippen LogP contribution is 2.33. The first-order valence-corrected chi connectivity index (χ1v) is 6.52. The lowest BCUT2D eigenvalue weighted by Crippen LogP contribution is -2.26. The molecular weight excluding hydrogens is 224 g/mol. The minimum Gasteiger partial charge on any atom is -0.494 e. The van der Waals surface area contributed by atoms with Gasteiger partial charge in [-0.05, 0) is 49.5 Å². The van der Waals surface area contributed by atoms with Crippen molar-refractivity contribution in [1.29, 1.82) is 0 Å². The van der Waals surface area contributed by atoms with Crippen molar-refractivity contribution in [2.75, 3.05) is 20.2 Å². The fourth-order valence-electron chi connectivity index (χ4n) is 2.82. The number of methoxy groups -OCH3 is 1. The second kappa shape index (κ2) is 4.94. The standard InChI is InChI=1S/C15H18N2O/c1-18-14-4-2-3-13-12(7-10-17-15(13)14)11-5-8-16-9-6-11/h2-4,7,10-11,16H,5-6,8-9H2,1H3. The van der Waals surface area contributed by atoms with Crippen LogP contribution in [0.25, 0.3) is 10.9 Å². The van der Waals surface area contributed by atoms with Crippen LogP contribution in [0.15, 0.2) is 30.5 Å². The summed E-state index contributed by atoms with van der Waals surface area (Å²) in [5.74, 6) is 1.51. The Bertz CT molecular complexity index is 547. The van der Waals surface area contributed by atoms with Gasteiger partial charge in [-0.15, -0.1) is 0 Å². The van der Waals surface area contributed by atoms with Gasteiger partial charge in [0, 0.05) is 11.6 Å². The van der Waals surface area contributed by atoms with Gasteiger partial charge < -0.3 is 10.1 Å². The minimum atomic E-state index is 0.642. The molecule has 1 N–H and O–H groups in total. The molecule has 2 aromatic rings. The van der Waals surface area contributed by atoms with Crippen LogP contribution < -0.4 is 10.1 Å². The van der Waals surface area contributed by atoms with E-state index in [4.69, 9.17) is 4.74 Å². The molecule has 2 heterocycles. The molecule has 3 heteroatoms. The Morgan fingerprint density at radius 1 is 1.22 bits per heavy atom. The largest absolute Gasteiger partial charge is 0.494 e. The maximum Gasteiger partial charge on any atom is 0.145 e. The molecule has 1 fully saturated rings. The second-order valence-electron chi connectivity index (χ2n) is 4.78. The summed E-state index contributed by atoms with van der Waals surface area (Å²) in [6, 6.07) is 8.34. The molecule has 0 aliphatic carbocycles. The summed E-state index contributed by atoms with van der Waals surface area (Å²) in [6.45, 7) is 2.22. The molecule has 0 radical (unpaired) electrons. The van der Waals surface area contributed by atoms with Gasteiger partial charge in [-0.3, -0.25) is 4.98 Å². The van der Waals surface area contributed by atoms with E-state index in [-0.39, 0.29) is 0 Å². The van der Waals surface area contributed by atoms with Gasteiger partial charge in [0.25, 0.3) is 0 Å². The van der Waals surface area contributed by atoms with E-state index in [1.54, 1.807) is 7.11 Å². The molecule has 1 aliphatic heterocycles. The smallest absolute Gasteiger partial charge is 0.145 e. The Morgan fingerprint density at radius 3 is 2.83 bits per heavy atom. The quantitative estimate of drug-likeness (QED) is 0.879. The van der Waals surface area contributed by atoms with Crippen LogP contribution in [0.5, 0.6) is 5.75 Å². The molecule has 94 valence electrons.